The molecular formula is C9H10O2. The Bertz CT molecular complexity index is 270. The maximum atomic E-state index is 9.36. The Labute approximate surface area is 65.4 Å². The Morgan fingerprint density at radius 3 is 2.55 bits per heavy atom. The minimum absolute atomic E-state index is 0.121. The molecule has 0 unspecified atom stereocenters. The summed E-state index contributed by atoms with van der Waals surface area (Å²) in [4.78, 5) is 0. The Balaban J connectivity index is 2.31. The zero-order valence-corrected chi connectivity index (χ0v) is 6.32. The molecule has 0 bridgehead atoms. The first-order chi connectivity index (χ1) is 5.29. The van der Waals surface area contributed by atoms with E-state index in [9.17, 15) is 5.11 Å². The average Bonchev–Trinajstić information content (AvgIpc) is 2.68. The number of epoxide rings is 1. The molecule has 0 aliphatic carbocycles. The number of ether oxygens (including phenoxy) is 1. The van der Waals surface area contributed by atoms with E-state index in [0.29, 0.717) is 5.75 Å². The molecule has 1 aromatic rings. The van der Waals surface area contributed by atoms with Crippen LogP contribution < -0.4 is 0 Å². The van der Waals surface area contributed by atoms with Gasteiger partial charge in [-0.25, -0.2) is 0 Å². The number of para-hydroxylation sites is 1. The van der Waals surface area contributed by atoms with Gasteiger partial charge < -0.3 is 9.84 Å². The predicted octanol–water partition coefficient (Wildman–Crippen LogP) is 1.85. The van der Waals surface area contributed by atoms with Crippen molar-refractivity contribution >= 4 is 0 Å². The topological polar surface area (TPSA) is 32.8 Å². The van der Waals surface area contributed by atoms with E-state index in [0.717, 1.165) is 5.56 Å². The number of hydrogen-bond acceptors (Lipinski definition) is 2. The van der Waals surface area contributed by atoms with Crippen LogP contribution in [0.25, 0.3) is 0 Å². The van der Waals surface area contributed by atoms with Crippen LogP contribution in [-0.4, -0.2) is 11.2 Å². The van der Waals surface area contributed by atoms with Crippen molar-refractivity contribution in [3.8, 4) is 5.75 Å². The van der Waals surface area contributed by atoms with Gasteiger partial charge in [0, 0.05) is 5.56 Å². The number of aromatic hydroxyl groups is 1. The Morgan fingerprint density at radius 2 is 2.00 bits per heavy atom. The largest absolute Gasteiger partial charge is 0.508 e. The van der Waals surface area contributed by atoms with Crippen molar-refractivity contribution in [2.45, 2.75) is 19.1 Å². The summed E-state index contributed by atoms with van der Waals surface area (Å²) in [6.07, 6.45) is 0.388. The normalized spacial score (nSPS) is 28.5. The third-order valence-electron chi connectivity index (χ3n) is 1.95. The van der Waals surface area contributed by atoms with Gasteiger partial charge in [0.05, 0.1) is 6.10 Å². The molecule has 0 spiro atoms. The quantitative estimate of drug-likeness (QED) is 0.620. The smallest absolute Gasteiger partial charge is 0.121 e. The van der Waals surface area contributed by atoms with Gasteiger partial charge in [-0.05, 0) is 13.0 Å². The minimum atomic E-state index is 0.121. The van der Waals surface area contributed by atoms with Gasteiger partial charge in [-0.15, -0.1) is 0 Å². The molecular weight excluding hydrogens is 140 g/mol. The van der Waals surface area contributed by atoms with Crippen LogP contribution in [0, 0.1) is 0 Å². The molecule has 0 saturated carbocycles. The van der Waals surface area contributed by atoms with Gasteiger partial charge in [0.15, 0.2) is 0 Å². The first-order valence-electron chi connectivity index (χ1n) is 3.72. The number of rotatable bonds is 1. The van der Waals surface area contributed by atoms with Gasteiger partial charge in [-0.3, -0.25) is 0 Å². The van der Waals surface area contributed by atoms with Gasteiger partial charge in [-0.1, -0.05) is 18.2 Å². The standard InChI is InChI=1S/C9H10O2/c1-6-9(11-6)7-4-2-3-5-8(7)10/h2-6,9-10H,1H3/t6-,9-/m1/s1. The summed E-state index contributed by atoms with van der Waals surface area (Å²) in [6, 6.07) is 7.29. The molecule has 1 heterocycles. The predicted molar refractivity (Wildman–Crippen MR) is 41.4 cm³/mol. The molecule has 0 radical (unpaired) electrons. The first kappa shape index (κ1) is 6.68. The van der Waals surface area contributed by atoms with Gasteiger partial charge in [0.2, 0.25) is 0 Å². The molecule has 1 fully saturated rings. The molecule has 0 amide bonds. The van der Waals surface area contributed by atoms with E-state index in [1.165, 1.54) is 0 Å². The second kappa shape index (κ2) is 2.24. The van der Waals surface area contributed by atoms with Gasteiger partial charge in [0.1, 0.15) is 11.9 Å². The molecule has 1 aromatic carbocycles. The molecule has 2 atom stereocenters. The second-order valence-electron chi connectivity index (χ2n) is 2.82. The van der Waals surface area contributed by atoms with Crippen molar-refractivity contribution in [3.63, 3.8) is 0 Å². The second-order valence-corrected chi connectivity index (χ2v) is 2.82. The highest BCUT2D eigenvalue weighted by Gasteiger charge is 2.37. The van der Waals surface area contributed by atoms with Crippen molar-refractivity contribution in [1.29, 1.82) is 0 Å². The molecule has 58 valence electrons. The lowest BCUT2D eigenvalue weighted by Crippen LogP contribution is -1.83. The summed E-state index contributed by atoms with van der Waals surface area (Å²) < 4.78 is 5.22. The van der Waals surface area contributed by atoms with E-state index in [1.807, 2.05) is 25.1 Å². The molecule has 2 heteroatoms. The van der Waals surface area contributed by atoms with Crippen LogP contribution in [0.3, 0.4) is 0 Å². The zero-order chi connectivity index (χ0) is 7.84. The van der Waals surface area contributed by atoms with Crippen LogP contribution in [0.5, 0.6) is 5.75 Å². The van der Waals surface area contributed by atoms with Crippen LogP contribution in [0.2, 0.25) is 0 Å². The highest BCUT2D eigenvalue weighted by atomic mass is 16.6. The SMILES string of the molecule is C[C@H]1O[C@H]1c1ccccc1O. The van der Waals surface area contributed by atoms with E-state index in [4.69, 9.17) is 4.74 Å². The summed E-state index contributed by atoms with van der Waals surface area (Å²) in [6.45, 7) is 2.00. The van der Waals surface area contributed by atoms with Crippen molar-refractivity contribution in [2.24, 2.45) is 0 Å². The zero-order valence-electron chi connectivity index (χ0n) is 6.32. The lowest BCUT2D eigenvalue weighted by atomic mass is 10.1. The fourth-order valence-electron chi connectivity index (χ4n) is 1.24. The minimum Gasteiger partial charge on any atom is -0.508 e. The van der Waals surface area contributed by atoms with Crippen LogP contribution in [0.1, 0.15) is 18.6 Å². The molecule has 2 rings (SSSR count). The molecule has 1 aliphatic heterocycles. The van der Waals surface area contributed by atoms with Gasteiger partial charge in [0.25, 0.3) is 0 Å². The molecule has 1 aliphatic rings. The van der Waals surface area contributed by atoms with Crippen LogP contribution >= 0.6 is 0 Å². The summed E-state index contributed by atoms with van der Waals surface area (Å²) in [7, 11) is 0. The molecule has 2 nitrogen and oxygen atoms in total. The first-order valence-corrected chi connectivity index (χ1v) is 3.72. The average molecular weight is 150 g/mol. The Hall–Kier alpha value is -1.02. The van der Waals surface area contributed by atoms with E-state index in [-0.39, 0.29) is 12.2 Å². The summed E-state index contributed by atoms with van der Waals surface area (Å²) >= 11 is 0. The number of hydrogen-bond donors (Lipinski definition) is 1. The Morgan fingerprint density at radius 1 is 1.36 bits per heavy atom. The summed E-state index contributed by atoms with van der Waals surface area (Å²) in [5, 5.41) is 9.36. The monoisotopic (exact) mass is 150 g/mol. The van der Waals surface area contributed by atoms with Crippen LogP contribution in [-0.2, 0) is 4.74 Å². The van der Waals surface area contributed by atoms with Crippen molar-refractivity contribution in [2.75, 3.05) is 0 Å². The Kier molecular flexibility index (Phi) is 1.36. The third-order valence-corrected chi connectivity index (χ3v) is 1.95. The molecule has 1 N–H and O–H groups in total. The lowest BCUT2D eigenvalue weighted by Gasteiger charge is -1.97. The summed E-state index contributed by atoms with van der Waals surface area (Å²) in [5.41, 5.74) is 0.903. The van der Waals surface area contributed by atoms with E-state index >= 15 is 0 Å². The number of phenols is 1. The third kappa shape index (κ3) is 1.10. The van der Waals surface area contributed by atoms with E-state index in [2.05, 4.69) is 0 Å². The fourth-order valence-corrected chi connectivity index (χ4v) is 1.24. The van der Waals surface area contributed by atoms with Crippen molar-refractivity contribution < 1.29 is 9.84 Å². The van der Waals surface area contributed by atoms with Crippen LogP contribution in [0.15, 0.2) is 24.3 Å². The van der Waals surface area contributed by atoms with Gasteiger partial charge >= 0.3 is 0 Å². The maximum Gasteiger partial charge on any atom is 0.121 e. The summed E-state index contributed by atoms with van der Waals surface area (Å²) in [5.74, 6) is 0.335. The number of benzene rings is 1. The van der Waals surface area contributed by atoms with E-state index < -0.39 is 0 Å². The lowest BCUT2D eigenvalue weighted by molar-refractivity contribution is 0.375. The van der Waals surface area contributed by atoms with Crippen molar-refractivity contribution in [3.05, 3.63) is 29.8 Å². The fraction of sp³-hybridized carbons (Fsp3) is 0.333. The maximum absolute atomic E-state index is 9.36. The molecule has 11 heavy (non-hydrogen) atoms. The van der Waals surface area contributed by atoms with Gasteiger partial charge in [-0.2, -0.15) is 0 Å². The van der Waals surface area contributed by atoms with E-state index in [1.54, 1.807) is 6.07 Å². The number of phenolic OH excluding ortho intramolecular Hbond substituents is 1. The highest BCUT2D eigenvalue weighted by molar-refractivity contribution is 5.36. The van der Waals surface area contributed by atoms with Crippen molar-refractivity contribution in [1.82, 2.24) is 0 Å². The molecule has 1 saturated heterocycles. The van der Waals surface area contributed by atoms with Crippen LogP contribution in [0.4, 0.5) is 0 Å². The highest BCUT2D eigenvalue weighted by Crippen LogP contribution is 2.41. The molecule has 0 aromatic heterocycles.